The molecule has 1 fully saturated rings. The summed E-state index contributed by atoms with van der Waals surface area (Å²) in [6.45, 7) is 1.82. The zero-order valence-corrected chi connectivity index (χ0v) is 23.9. The van der Waals surface area contributed by atoms with E-state index in [1.807, 2.05) is 6.07 Å². The van der Waals surface area contributed by atoms with Gasteiger partial charge in [0.05, 0.1) is 11.7 Å². The molecular weight excluding hydrogens is 563 g/mol. The number of rotatable bonds is 7. The molecule has 2 aromatic carbocycles. The number of carbonyl (C=O) groups excluding carboxylic acids is 2. The second-order valence-electron chi connectivity index (χ2n) is 10.6. The summed E-state index contributed by atoms with van der Waals surface area (Å²) in [7, 11) is 2.05. The van der Waals surface area contributed by atoms with Crippen LogP contribution >= 0.6 is 0 Å². The fraction of sp³-hybridized carbons (Fsp3) is 0.182. The molecule has 5 aromatic rings. The molecule has 222 valence electrons. The molecule has 44 heavy (non-hydrogen) atoms. The largest absolute Gasteiger partial charge is 0.454 e. The predicted molar refractivity (Wildman–Crippen MR) is 164 cm³/mol. The van der Waals surface area contributed by atoms with Crippen LogP contribution in [0, 0.1) is 5.82 Å². The number of para-hydroxylation sites is 1. The molecule has 0 bridgehead atoms. The number of fused-ring (bicyclic) bond motifs is 1. The summed E-state index contributed by atoms with van der Waals surface area (Å²) in [6, 6.07) is 19.1. The van der Waals surface area contributed by atoms with Gasteiger partial charge < -0.3 is 20.3 Å². The minimum Gasteiger partial charge on any atom is -0.454 e. The van der Waals surface area contributed by atoms with Gasteiger partial charge in [-0.3, -0.25) is 23.9 Å². The molecule has 0 aliphatic carbocycles. The van der Waals surface area contributed by atoms with Crippen molar-refractivity contribution in [3.63, 3.8) is 0 Å². The zero-order chi connectivity index (χ0) is 30.6. The van der Waals surface area contributed by atoms with E-state index in [2.05, 4.69) is 32.5 Å². The first-order valence-electron chi connectivity index (χ1n) is 14.2. The number of carbonyl (C=O) groups is 2. The number of ether oxygens (including phenoxy) is 1. The van der Waals surface area contributed by atoms with Crippen LogP contribution in [0.15, 0.2) is 96.2 Å². The van der Waals surface area contributed by atoms with Crippen LogP contribution in [0.5, 0.6) is 11.5 Å². The van der Waals surface area contributed by atoms with E-state index in [9.17, 15) is 14.4 Å². The second-order valence-corrected chi connectivity index (χ2v) is 10.6. The van der Waals surface area contributed by atoms with Gasteiger partial charge in [0.25, 0.3) is 17.4 Å². The molecule has 0 saturated carbocycles. The Hall–Kier alpha value is -5.42. The van der Waals surface area contributed by atoms with Gasteiger partial charge in [-0.05, 0) is 81.5 Å². The number of benzene rings is 2. The van der Waals surface area contributed by atoms with Gasteiger partial charge in [0, 0.05) is 41.3 Å². The van der Waals surface area contributed by atoms with E-state index in [4.69, 9.17) is 4.74 Å². The Bertz CT molecular complexity index is 1900. The molecule has 1 saturated heterocycles. The van der Waals surface area contributed by atoms with Gasteiger partial charge in [0.2, 0.25) is 0 Å². The lowest BCUT2D eigenvalue weighted by atomic mass is 10.1. The number of hydrogen-bond acceptors (Lipinski definition) is 7. The summed E-state index contributed by atoms with van der Waals surface area (Å²) in [6.07, 6.45) is 6.28. The Morgan fingerprint density at radius 1 is 0.932 bits per heavy atom. The van der Waals surface area contributed by atoms with Gasteiger partial charge in [0.15, 0.2) is 11.6 Å². The molecule has 2 N–H and O–H groups in total. The number of amides is 2. The number of hydrogen-bond donors (Lipinski definition) is 2. The fourth-order valence-corrected chi connectivity index (χ4v) is 5.09. The van der Waals surface area contributed by atoms with Gasteiger partial charge in [0.1, 0.15) is 17.0 Å². The maximum atomic E-state index is 15.2. The highest BCUT2D eigenvalue weighted by Crippen LogP contribution is 2.31. The highest BCUT2D eigenvalue weighted by atomic mass is 19.1. The second kappa shape index (κ2) is 12.4. The lowest BCUT2D eigenvalue weighted by Crippen LogP contribution is -2.43. The van der Waals surface area contributed by atoms with Crippen molar-refractivity contribution in [1.82, 2.24) is 24.8 Å². The molecule has 1 aliphatic rings. The smallest absolute Gasteiger partial charge is 0.270 e. The molecule has 4 heterocycles. The number of aromatic nitrogens is 3. The van der Waals surface area contributed by atoms with E-state index < -0.39 is 17.3 Å². The van der Waals surface area contributed by atoms with Crippen LogP contribution in [-0.4, -0.2) is 57.4 Å². The Kier molecular flexibility index (Phi) is 8.11. The van der Waals surface area contributed by atoms with Crippen molar-refractivity contribution in [2.45, 2.75) is 18.9 Å². The molecule has 0 radical (unpaired) electrons. The average molecular weight is 593 g/mol. The molecule has 0 unspecified atom stereocenters. The van der Waals surface area contributed by atoms with Gasteiger partial charge in [-0.25, -0.2) is 9.37 Å². The monoisotopic (exact) mass is 592 g/mol. The number of nitrogens with one attached hydrogen (secondary N) is 2. The predicted octanol–water partition coefficient (Wildman–Crippen LogP) is 4.79. The summed E-state index contributed by atoms with van der Waals surface area (Å²) >= 11 is 0. The van der Waals surface area contributed by atoms with Crippen molar-refractivity contribution in [3.8, 4) is 17.2 Å². The Morgan fingerprint density at radius 2 is 1.73 bits per heavy atom. The minimum absolute atomic E-state index is 0.0701. The standard InChI is InChI=1S/C33H29FN6O4/c1-39-16-12-21(13-17-39)37-32(42)27-19-25-28(20-36-27)35-14-11-29(25)44-30-10-9-22(18-26(30)34)38-31(41)24-8-5-15-40(33(24)43)23-6-3-2-4-7-23/h2-11,14-15,18-21H,12-13,16-17H2,1H3,(H,37,42)(H,38,41). The van der Waals surface area contributed by atoms with E-state index >= 15 is 4.39 Å². The van der Waals surface area contributed by atoms with E-state index in [0.717, 1.165) is 32.0 Å². The number of anilines is 1. The third-order valence-corrected chi connectivity index (χ3v) is 7.51. The van der Waals surface area contributed by atoms with Crippen molar-refractivity contribution in [3.05, 3.63) is 119 Å². The summed E-state index contributed by atoms with van der Waals surface area (Å²) in [5.41, 5.74) is 0.849. The zero-order valence-electron chi connectivity index (χ0n) is 23.9. The van der Waals surface area contributed by atoms with Crippen molar-refractivity contribution >= 4 is 28.4 Å². The number of likely N-dealkylation sites (tertiary alicyclic amines) is 1. The van der Waals surface area contributed by atoms with Crippen LogP contribution in [0.2, 0.25) is 0 Å². The first-order valence-corrected chi connectivity index (χ1v) is 14.2. The molecular formula is C33H29FN6O4. The number of halogens is 1. The number of piperidine rings is 1. The third kappa shape index (κ3) is 6.18. The van der Waals surface area contributed by atoms with E-state index in [1.54, 1.807) is 48.7 Å². The van der Waals surface area contributed by atoms with Crippen molar-refractivity contribution < 1.29 is 18.7 Å². The fourth-order valence-electron chi connectivity index (χ4n) is 5.09. The molecule has 11 heteroatoms. The Balaban J connectivity index is 1.18. The third-order valence-electron chi connectivity index (χ3n) is 7.51. The maximum Gasteiger partial charge on any atom is 0.270 e. The maximum absolute atomic E-state index is 15.2. The SMILES string of the molecule is CN1CCC(NC(=O)c2cc3c(Oc4ccc(NC(=O)c5cccn(-c6ccccc6)c5=O)cc4F)ccnc3cn2)CC1. The van der Waals surface area contributed by atoms with E-state index in [0.29, 0.717) is 16.6 Å². The van der Waals surface area contributed by atoms with Crippen molar-refractivity contribution in [1.29, 1.82) is 0 Å². The highest BCUT2D eigenvalue weighted by molar-refractivity contribution is 6.04. The molecule has 2 amide bonds. The van der Waals surface area contributed by atoms with E-state index in [1.165, 1.54) is 35.2 Å². The van der Waals surface area contributed by atoms with Crippen LogP contribution in [0.1, 0.15) is 33.7 Å². The number of pyridine rings is 3. The quantitative estimate of drug-likeness (QED) is 0.279. The number of nitrogens with zero attached hydrogens (tertiary/aromatic N) is 4. The average Bonchev–Trinajstić information content (AvgIpc) is 3.04. The van der Waals surface area contributed by atoms with Crippen LogP contribution in [0.3, 0.4) is 0 Å². The molecule has 3 aromatic heterocycles. The first kappa shape index (κ1) is 28.7. The molecule has 0 atom stereocenters. The van der Waals surface area contributed by atoms with Crippen LogP contribution < -0.4 is 20.9 Å². The van der Waals surface area contributed by atoms with Gasteiger partial charge in [-0.1, -0.05) is 18.2 Å². The summed E-state index contributed by atoms with van der Waals surface area (Å²) in [4.78, 5) is 49.7. The topological polar surface area (TPSA) is 118 Å². The normalized spacial score (nSPS) is 13.9. The first-order chi connectivity index (χ1) is 21.4. The van der Waals surface area contributed by atoms with Gasteiger partial charge in [-0.2, -0.15) is 0 Å². The minimum atomic E-state index is -0.739. The van der Waals surface area contributed by atoms with Gasteiger partial charge in [-0.15, -0.1) is 0 Å². The molecule has 1 aliphatic heterocycles. The summed E-state index contributed by atoms with van der Waals surface area (Å²) in [5.74, 6) is -1.52. The lowest BCUT2D eigenvalue weighted by molar-refractivity contribution is 0.0911. The van der Waals surface area contributed by atoms with E-state index in [-0.39, 0.29) is 40.4 Å². The van der Waals surface area contributed by atoms with Crippen molar-refractivity contribution in [2.24, 2.45) is 0 Å². The van der Waals surface area contributed by atoms with Crippen LogP contribution in [-0.2, 0) is 0 Å². The lowest BCUT2D eigenvalue weighted by Gasteiger charge is -2.29. The van der Waals surface area contributed by atoms with Crippen molar-refractivity contribution in [2.75, 3.05) is 25.5 Å². The Morgan fingerprint density at radius 3 is 2.50 bits per heavy atom. The highest BCUT2D eigenvalue weighted by Gasteiger charge is 2.21. The molecule has 0 spiro atoms. The Labute approximate surface area is 252 Å². The van der Waals surface area contributed by atoms with Gasteiger partial charge >= 0.3 is 0 Å². The summed E-state index contributed by atoms with van der Waals surface area (Å²) < 4.78 is 22.5. The summed E-state index contributed by atoms with van der Waals surface area (Å²) in [5, 5.41) is 6.12. The molecule has 6 rings (SSSR count). The molecule has 10 nitrogen and oxygen atoms in total. The van der Waals surface area contributed by atoms with Crippen LogP contribution in [0.4, 0.5) is 10.1 Å². The van der Waals surface area contributed by atoms with Crippen LogP contribution in [0.25, 0.3) is 16.6 Å².